The van der Waals surface area contributed by atoms with Crippen molar-refractivity contribution >= 4 is 33.1 Å². The Kier molecular flexibility index (Phi) is 4.83. The molecule has 1 amide bonds. The second-order valence-corrected chi connectivity index (χ2v) is 8.35. The highest BCUT2D eigenvalue weighted by atomic mass is 32.1. The van der Waals surface area contributed by atoms with Gasteiger partial charge in [-0.3, -0.25) is 14.2 Å². The molecule has 1 aromatic carbocycles. The number of nitrogens with zero attached hydrogens (tertiary/aromatic N) is 2. The summed E-state index contributed by atoms with van der Waals surface area (Å²) >= 11 is 1.63. The third-order valence-corrected chi connectivity index (χ3v) is 6.43. The summed E-state index contributed by atoms with van der Waals surface area (Å²) < 4.78 is 1.43. The number of anilines is 1. The Morgan fingerprint density at radius 3 is 3.00 bits per heavy atom. The molecule has 3 aromatic rings. The van der Waals surface area contributed by atoms with Crippen molar-refractivity contribution in [3.05, 3.63) is 57.0 Å². The molecule has 0 saturated heterocycles. The summed E-state index contributed by atoms with van der Waals surface area (Å²) in [6, 6.07) is 7.73. The highest BCUT2D eigenvalue weighted by Crippen LogP contribution is 2.35. The maximum absolute atomic E-state index is 13.0. The van der Waals surface area contributed by atoms with Gasteiger partial charge in [0.15, 0.2) is 0 Å². The van der Waals surface area contributed by atoms with Crippen LogP contribution in [0.3, 0.4) is 0 Å². The first-order valence-corrected chi connectivity index (χ1v) is 10.3. The fraction of sp³-hybridized carbons (Fsp3) is 0.381. The van der Waals surface area contributed by atoms with E-state index in [9.17, 15) is 9.59 Å². The third-order valence-electron chi connectivity index (χ3n) is 5.27. The molecule has 1 atom stereocenters. The van der Waals surface area contributed by atoms with Crippen molar-refractivity contribution in [1.29, 1.82) is 0 Å². The van der Waals surface area contributed by atoms with Crippen LogP contribution in [0, 0.1) is 5.92 Å². The van der Waals surface area contributed by atoms with Gasteiger partial charge >= 0.3 is 0 Å². The third kappa shape index (κ3) is 3.41. The fourth-order valence-electron chi connectivity index (χ4n) is 3.77. The minimum absolute atomic E-state index is 0.0269. The molecule has 1 N–H and O–H groups in total. The average molecular weight is 382 g/mol. The molecule has 0 bridgehead atoms. The molecule has 4 rings (SSSR count). The zero-order valence-corrected chi connectivity index (χ0v) is 16.4. The molecule has 5 nitrogen and oxygen atoms in total. The van der Waals surface area contributed by atoms with Crippen LogP contribution in [0.4, 0.5) is 5.69 Å². The summed E-state index contributed by atoms with van der Waals surface area (Å²) in [5.41, 5.74) is 2.92. The minimum Gasteiger partial charge on any atom is -0.324 e. The van der Waals surface area contributed by atoms with Crippen molar-refractivity contribution < 1.29 is 4.79 Å². The van der Waals surface area contributed by atoms with Gasteiger partial charge in [0.1, 0.15) is 11.4 Å². The highest BCUT2D eigenvalue weighted by Gasteiger charge is 2.23. The van der Waals surface area contributed by atoms with Gasteiger partial charge in [-0.1, -0.05) is 32.0 Å². The van der Waals surface area contributed by atoms with Crippen molar-refractivity contribution in [3.63, 3.8) is 0 Å². The number of rotatable bonds is 4. The largest absolute Gasteiger partial charge is 0.324 e. The first-order chi connectivity index (χ1) is 13.1. The molecule has 0 radical (unpaired) electrons. The van der Waals surface area contributed by atoms with Crippen LogP contribution in [-0.4, -0.2) is 15.5 Å². The number of carbonyl (C=O) groups is 1. The zero-order chi connectivity index (χ0) is 19.0. The van der Waals surface area contributed by atoms with Crippen LogP contribution in [0.2, 0.25) is 0 Å². The Hall–Kier alpha value is -2.47. The Morgan fingerprint density at radius 2 is 2.19 bits per heavy atom. The molecule has 6 heteroatoms. The van der Waals surface area contributed by atoms with Crippen LogP contribution in [0.25, 0.3) is 10.2 Å². The Morgan fingerprint density at radius 1 is 1.37 bits per heavy atom. The molecule has 2 aromatic heterocycles. The van der Waals surface area contributed by atoms with E-state index in [1.165, 1.54) is 15.8 Å². The van der Waals surface area contributed by atoms with Crippen LogP contribution in [0.15, 0.2) is 35.4 Å². The molecule has 140 valence electrons. The summed E-state index contributed by atoms with van der Waals surface area (Å²) in [5, 5.41) is 3.64. The standard InChI is InChI=1S/C21H23N3O2S/c1-3-14-6-4-5-7-16(14)23-18(25)11-24-12-22-20-19(21(24)26)15-9-8-13(2)10-17(15)27-20/h4-7,12-13H,3,8-11H2,1-2H3,(H,23,25). The molecule has 0 fully saturated rings. The predicted molar refractivity (Wildman–Crippen MR) is 110 cm³/mol. The maximum Gasteiger partial charge on any atom is 0.262 e. The fourth-order valence-corrected chi connectivity index (χ4v) is 5.11. The van der Waals surface area contributed by atoms with E-state index < -0.39 is 0 Å². The lowest BCUT2D eigenvalue weighted by molar-refractivity contribution is -0.116. The monoisotopic (exact) mass is 381 g/mol. The first-order valence-electron chi connectivity index (χ1n) is 9.44. The van der Waals surface area contributed by atoms with Crippen LogP contribution in [0.1, 0.15) is 36.3 Å². The number of thiophene rings is 1. The molecule has 1 aliphatic carbocycles. The number of fused-ring (bicyclic) bond motifs is 3. The average Bonchev–Trinajstić information content (AvgIpc) is 3.02. The van der Waals surface area contributed by atoms with Gasteiger partial charge in [-0.05, 0) is 48.8 Å². The normalized spacial score (nSPS) is 16.3. The number of hydrogen-bond acceptors (Lipinski definition) is 4. The molecule has 1 unspecified atom stereocenters. The summed E-state index contributed by atoms with van der Waals surface area (Å²) in [4.78, 5) is 32.1. The van der Waals surface area contributed by atoms with Crippen LogP contribution < -0.4 is 10.9 Å². The van der Waals surface area contributed by atoms with E-state index >= 15 is 0 Å². The quantitative estimate of drug-likeness (QED) is 0.748. The number of amides is 1. The minimum atomic E-state index is -0.211. The van der Waals surface area contributed by atoms with Crippen molar-refractivity contribution in [2.24, 2.45) is 5.92 Å². The molecule has 0 spiro atoms. The lowest BCUT2D eigenvalue weighted by Gasteiger charge is -2.17. The maximum atomic E-state index is 13.0. The lowest BCUT2D eigenvalue weighted by atomic mass is 9.89. The van der Waals surface area contributed by atoms with E-state index in [2.05, 4.69) is 17.2 Å². The van der Waals surface area contributed by atoms with Gasteiger partial charge in [-0.25, -0.2) is 4.98 Å². The van der Waals surface area contributed by atoms with Crippen molar-refractivity contribution in [3.8, 4) is 0 Å². The Bertz CT molecular complexity index is 1070. The van der Waals surface area contributed by atoms with Gasteiger partial charge in [-0.15, -0.1) is 11.3 Å². The molecular weight excluding hydrogens is 358 g/mol. The number of carbonyl (C=O) groups excluding carboxylic acids is 1. The molecule has 0 saturated carbocycles. The molecule has 0 aliphatic heterocycles. The van der Waals surface area contributed by atoms with E-state index in [1.54, 1.807) is 11.3 Å². The van der Waals surface area contributed by atoms with Crippen LogP contribution in [-0.2, 0) is 30.6 Å². The number of hydrogen-bond donors (Lipinski definition) is 1. The van der Waals surface area contributed by atoms with E-state index in [1.807, 2.05) is 31.2 Å². The summed E-state index contributed by atoms with van der Waals surface area (Å²) in [6.45, 7) is 4.27. The second-order valence-electron chi connectivity index (χ2n) is 7.27. The Labute approximate surface area is 162 Å². The molecule has 2 heterocycles. The van der Waals surface area contributed by atoms with Crippen molar-refractivity contribution in [1.82, 2.24) is 9.55 Å². The highest BCUT2D eigenvalue weighted by molar-refractivity contribution is 7.18. The van der Waals surface area contributed by atoms with Gasteiger partial charge in [-0.2, -0.15) is 0 Å². The SMILES string of the molecule is CCc1ccccc1NC(=O)Cn1cnc2sc3c(c2c1=O)CCC(C)C3. The Balaban J connectivity index is 1.62. The summed E-state index contributed by atoms with van der Waals surface area (Å²) in [7, 11) is 0. The zero-order valence-electron chi connectivity index (χ0n) is 15.6. The summed E-state index contributed by atoms with van der Waals surface area (Å²) in [6.07, 6.45) is 5.38. The van der Waals surface area contributed by atoms with E-state index in [-0.39, 0.29) is 18.0 Å². The number of benzene rings is 1. The lowest BCUT2D eigenvalue weighted by Crippen LogP contribution is -2.28. The molecular formula is C21H23N3O2S. The van der Waals surface area contributed by atoms with Gasteiger partial charge in [0, 0.05) is 10.6 Å². The second kappa shape index (κ2) is 7.27. The molecule has 1 aliphatic rings. The van der Waals surface area contributed by atoms with Gasteiger partial charge in [0.05, 0.1) is 11.7 Å². The van der Waals surface area contributed by atoms with Crippen LogP contribution >= 0.6 is 11.3 Å². The summed E-state index contributed by atoms with van der Waals surface area (Å²) in [5.74, 6) is 0.439. The van der Waals surface area contributed by atoms with Gasteiger partial charge in [0.25, 0.3) is 5.56 Å². The molecule has 27 heavy (non-hydrogen) atoms. The van der Waals surface area contributed by atoms with Gasteiger partial charge in [0.2, 0.25) is 5.91 Å². The number of para-hydroxylation sites is 1. The van der Waals surface area contributed by atoms with E-state index in [0.717, 1.165) is 47.3 Å². The topological polar surface area (TPSA) is 64.0 Å². The number of aryl methyl sites for hydroxylation is 2. The van der Waals surface area contributed by atoms with E-state index in [4.69, 9.17) is 0 Å². The predicted octanol–water partition coefficient (Wildman–Crippen LogP) is 3.78. The smallest absolute Gasteiger partial charge is 0.262 e. The number of aromatic nitrogens is 2. The van der Waals surface area contributed by atoms with Gasteiger partial charge < -0.3 is 5.32 Å². The van der Waals surface area contributed by atoms with Crippen LogP contribution in [0.5, 0.6) is 0 Å². The van der Waals surface area contributed by atoms with Crippen molar-refractivity contribution in [2.75, 3.05) is 5.32 Å². The first kappa shape index (κ1) is 17.9. The van der Waals surface area contributed by atoms with Crippen molar-refractivity contribution in [2.45, 2.75) is 46.1 Å². The number of nitrogens with one attached hydrogen (secondary N) is 1. The van der Waals surface area contributed by atoms with E-state index in [0.29, 0.717) is 11.3 Å².